The van der Waals surface area contributed by atoms with E-state index < -0.39 is 16.4 Å². The van der Waals surface area contributed by atoms with Crippen molar-refractivity contribution in [1.82, 2.24) is 9.55 Å². The summed E-state index contributed by atoms with van der Waals surface area (Å²) >= 11 is 0. The zero-order valence-electron chi connectivity index (χ0n) is 11.0. The molecule has 0 fully saturated rings. The molecule has 0 saturated heterocycles. The summed E-state index contributed by atoms with van der Waals surface area (Å²) in [6.45, 7) is 1.95. The molecular formula is C12H14N2O6S. The van der Waals surface area contributed by atoms with Crippen molar-refractivity contribution >= 4 is 16.4 Å². The fourth-order valence-corrected chi connectivity index (χ4v) is 1.67. The van der Waals surface area contributed by atoms with E-state index in [4.69, 9.17) is 22.6 Å². The lowest BCUT2D eigenvalue weighted by Crippen LogP contribution is -2.12. The number of carbonyl (C=O) groups is 1. The Balaban J connectivity index is 0.000000383. The maximum Gasteiger partial charge on any atom is 0.394 e. The van der Waals surface area contributed by atoms with E-state index in [1.807, 2.05) is 37.3 Å². The largest absolute Gasteiger partial charge is 0.477 e. The van der Waals surface area contributed by atoms with Crippen LogP contribution in [0.4, 0.5) is 0 Å². The van der Waals surface area contributed by atoms with Gasteiger partial charge in [-0.3, -0.25) is 9.11 Å². The molecule has 1 aromatic carbocycles. The number of rotatable bonds is 3. The summed E-state index contributed by atoms with van der Waals surface area (Å²) in [5.41, 5.74) is 1.26. The number of benzene rings is 1. The first-order valence-corrected chi connectivity index (χ1v) is 7.09. The quantitative estimate of drug-likeness (QED) is 0.732. The molecule has 8 nitrogen and oxygen atoms in total. The summed E-state index contributed by atoms with van der Waals surface area (Å²) in [6.07, 6.45) is 2.91. The third kappa shape index (κ3) is 5.73. The normalized spacial score (nSPS) is 12.1. The maximum absolute atomic E-state index is 11.0. The molecule has 0 radical (unpaired) electrons. The molecule has 2 rings (SSSR count). The van der Waals surface area contributed by atoms with Gasteiger partial charge in [0, 0.05) is 0 Å². The highest BCUT2D eigenvalue weighted by atomic mass is 32.3. The summed E-state index contributed by atoms with van der Waals surface area (Å²) in [5.74, 6) is -0.958. The third-order valence-corrected chi connectivity index (χ3v) is 2.58. The van der Waals surface area contributed by atoms with Crippen LogP contribution in [0.25, 0.3) is 0 Å². The van der Waals surface area contributed by atoms with Gasteiger partial charge in [-0.2, -0.15) is 8.42 Å². The lowest BCUT2D eigenvalue weighted by Gasteiger charge is -2.15. The Kier molecular flexibility index (Phi) is 5.59. The minimum absolute atomic E-state index is 0.0326. The Labute approximate surface area is 121 Å². The van der Waals surface area contributed by atoms with Crippen LogP contribution in [0.3, 0.4) is 0 Å². The third-order valence-electron chi connectivity index (χ3n) is 2.58. The molecule has 114 valence electrons. The van der Waals surface area contributed by atoms with Crippen molar-refractivity contribution in [2.24, 2.45) is 0 Å². The second kappa shape index (κ2) is 6.97. The molecule has 0 bridgehead atoms. The number of hydrogen-bond donors (Lipinski definition) is 3. The van der Waals surface area contributed by atoms with Crippen molar-refractivity contribution in [3.63, 3.8) is 0 Å². The molecule has 0 amide bonds. The van der Waals surface area contributed by atoms with Gasteiger partial charge in [-0.1, -0.05) is 30.3 Å². The van der Waals surface area contributed by atoms with Gasteiger partial charge in [0.05, 0.1) is 18.6 Å². The van der Waals surface area contributed by atoms with E-state index in [9.17, 15) is 4.79 Å². The van der Waals surface area contributed by atoms with Crippen molar-refractivity contribution in [2.75, 3.05) is 0 Å². The van der Waals surface area contributed by atoms with E-state index in [1.165, 1.54) is 6.20 Å². The number of nitrogens with zero attached hydrogens (tertiary/aromatic N) is 2. The fraction of sp³-hybridized carbons (Fsp3) is 0.167. The number of imidazole rings is 1. The molecule has 2 aromatic rings. The van der Waals surface area contributed by atoms with Crippen molar-refractivity contribution in [1.29, 1.82) is 0 Å². The van der Waals surface area contributed by atoms with Crippen LogP contribution in [-0.4, -0.2) is 38.2 Å². The highest BCUT2D eigenvalue weighted by molar-refractivity contribution is 7.79. The zero-order valence-corrected chi connectivity index (χ0v) is 11.8. The minimum Gasteiger partial charge on any atom is -0.477 e. The lowest BCUT2D eigenvalue weighted by molar-refractivity contribution is 0.0684. The van der Waals surface area contributed by atoms with Gasteiger partial charge in [-0.15, -0.1) is 0 Å². The first-order valence-electron chi connectivity index (χ1n) is 5.70. The number of carboxylic acid groups (broad SMARTS) is 1. The van der Waals surface area contributed by atoms with Gasteiger partial charge in [0.15, 0.2) is 0 Å². The predicted octanol–water partition coefficient (Wildman–Crippen LogP) is 1.54. The lowest BCUT2D eigenvalue weighted by atomic mass is 10.1. The Morgan fingerprint density at radius 2 is 1.76 bits per heavy atom. The van der Waals surface area contributed by atoms with Gasteiger partial charge in [0.1, 0.15) is 5.69 Å². The van der Waals surface area contributed by atoms with Gasteiger partial charge in [-0.25, -0.2) is 9.78 Å². The SMILES string of the molecule is CC(c1ccccc1)n1cncc1C(=O)O.O=S(=O)(O)O. The molecule has 1 atom stereocenters. The van der Waals surface area contributed by atoms with Crippen LogP contribution in [0.5, 0.6) is 0 Å². The van der Waals surface area contributed by atoms with Crippen LogP contribution in [0.15, 0.2) is 42.9 Å². The first kappa shape index (κ1) is 16.8. The Morgan fingerprint density at radius 1 is 1.24 bits per heavy atom. The second-order valence-corrected chi connectivity index (χ2v) is 4.92. The molecule has 1 heterocycles. The molecule has 0 aliphatic rings. The van der Waals surface area contributed by atoms with E-state index in [1.54, 1.807) is 10.9 Å². The minimum atomic E-state index is -4.67. The molecule has 1 unspecified atom stereocenters. The average Bonchev–Trinajstić information content (AvgIpc) is 2.86. The van der Waals surface area contributed by atoms with E-state index >= 15 is 0 Å². The standard InChI is InChI=1S/C12H12N2O2.H2O4S/c1-9(10-5-3-2-4-6-10)14-8-13-7-11(14)12(15)16;1-5(2,3)4/h2-9H,1H3,(H,15,16);(H2,1,2,3,4). The molecule has 21 heavy (non-hydrogen) atoms. The summed E-state index contributed by atoms with van der Waals surface area (Å²) < 4.78 is 33.2. The number of aromatic carboxylic acids is 1. The van der Waals surface area contributed by atoms with Crippen molar-refractivity contribution in [3.05, 3.63) is 54.1 Å². The Bertz CT molecular complexity index is 688. The van der Waals surface area contributed by atoms with Crippen molar-refractivity contribution in [3.8, 4) is 0 Å². The molecule has 1 aromatic heterocycles. The van der Waals surface area contributed by atoms with Gasteiger partial charge >= 0.3 is 16.4 Å². The number of carboxylic acids is 1. The van der Waals surface area contributed by atoms with E-state index in [0.29, 0.717) is 0 Å². The summed E-state index contributed by atoms with van der Waals surface area (Å²) in [7, 11) is -4.67. The second-order valence-electron chi connectivity index (χ2n) is 4.03. The molecule has 0 aliphatic carbocycles. The molecular weight excluding hydrogens is 300 g/mol. The molecule has 3 N–H and O–H groups in total. The first-order chi connectivity index (χ1) is 9.70. The number of hydrogen-bond acceptors (Lipinski definition) is 4. The van der Waals surface area contributed by atoms with Crippen LogP contribution in [-0.2, 0) is 10.4 Å². The van der Waals surface area contributed by atoms with Gasteiger partial charge in [0.25, 0.3) is 0 Å². The van der Waals surface area contributed by atoms with Gasteiger partial charge < -0.3 is 9.67 Å². The summed E-state index contributed by atoms with van der Waals surface area (Å²) in [4.78, 5) is 14.8. The van der Waals surface area contributed by atoms with Crippen molar-refractivity contribution in [2.45, 2.75) is 13.0 Å². The predicted molar refractivity (Wildman–Crippen MR) is 73.6 cm³/mol. The van der Waals surface area contributed by atoms with E-state index in [0.717, 1.165) is 5.56 Å². The van der Waals surface area contributed by atoms with Crippen molar-refractivity contribution < 1.29 is 27.4 Å². The molecule has 0 aliphatic heterocycles. The van der Waals surface area contributed by atoms with Crippen LogP contribution >= 0.6 is 0 Å². The Morgan fingerprint density at radius 3 is 2.24 bits per heavy atom. The number of aromatic nitrogens is 2. The summed E-state index contributed by atoms with van der Waals surface area (Å²) in [6, 6.07) is 9.70. The van der Waals surface area contributed by atoms with Gasteiger partial charge in [0.2, 0.25) is 0 Å². The molecule has 0 spiro atoms. The van der Waals surface area contributed by atoms with E-state index in [2.05, 4.69) is 4.98 Å². The van der Waals surface area contributed by atoms with Crippen LogP contribution in [0.2, 0.25) is 0 Å². The summed E-state index contributed by atoms with van der Waals surface area (Å²) in [5, 5.41) is 8.99. The maximum atomic E-state index is 11.0. The van der Waals surface area contributed by atoms with Crippen LogP contribution in [0, 0.1) is 0 Å². The molecule has 9 heteroatoms. The topological polar surface area (TPSA) is 130 Å². The smallest absolute Gasteiger partial charge is 0.394 e. The fourth-order valence-electron chi connectivity index (χ4n) is 1.67. The van der Waals surface area contributed by atoms with E-state index in [-0.39, 0.29) is 11.7 Å². The highest BCUT2D eigenvalue weighted by Crippen LogP contribution is 2.19. The van der Waals surface area contributed by atoms with Crippen LogP contribution in [0.1, 0.15) is 29.0 Å². The molecule has 0 saturated carbocycles. The Hall–Kier alpha value is -2.23. The monoisotopic (exact) mass is 314 g/mol. The van der Waals surface area contributed by atoms with Gasteiger partial charge in [-0.05, 0) is 12.5 Å². The average molecular weight is 314 g/mol. The zero-order chi connectivity index (χ0) is 16.0. The van der Waals surface area contributed by atoms with Crippen LogP contribution < -0.4 is 0 Å². The highest BCUT2D eigenvalue weighted by Gasteiger charge is 2.15.